The van der Waals surface area contributed by atoms with Crippen LogP contribution in [0.25, 0.3) is 0 Å². The van der Waals surface area contributed by atoms with Gasteiger partial charge in [-0.25, -0.2) is 0 Å². The maximum Gasteiger partial charge on any atom is 0.253 e. The van der Waals surface area contributed by atoms with Crippen molar-refractivity contribution >= 4 is 11.6 Å². The standard InChI is InChI=1S/C21H25N3O2/c1-17-13-22-10-7-18(17)14-23-11-8-21(9-12-23)16-24(20(25)15-26-21)19-5-3-2-4-6-19/h2-7,10,13H,8-9,11-12,14-16H2,1H3. The SMILES string of the molecule is Cc1cnccc1CN1CCC2(CC1)CN(c1ccccc1)C(=O)CO2. The largest absolute Gasteiger partial charge is 0.363 e. The number of aryl methyl sites for hydroxylation is 1. The number of pyridine rings is 1. The third-order valence-corrected chi connectivity index (χ3v) is 5.61. The van der Waals surface area contributed by atoms with Crippen molar-refractivity contribution in [3.63, 3.8) is 0 Å². The van der Waals surface area contributed by atoms with Crippen LogP contribution in [0.4, 0.5) is 5.69 Å². The molecule has 26 heavy (non-hydrogen) atoms. The number of carbonyl (C=O) groups excluding carboxylic acids is 1. The van der Waals surface area contributed by atoms with Crippen molar-refractivity contribution in [3.05, 3.63) is 59.9 Å². The van der Waals surface area contributed by atoms with Gasteiger partial charge in [0.05, 0.1) is 12.1 Å². The molecule has 5 heteroatoms. The summed E-state index contributed by atoms with van der Waals surface area (Å²) in [6.45, 7) is 5.86. The molecule has 3 heterocycles. The number of para-hydroxylation sites is 1. The summed E-state index contributed by atoms with van der Waals surface area (Å²) in [6, 6.07) is 12.0. The Kier molecular flexibility index (Phi) is 4.74. The maximum atomic E-state index is 12.3. The van der Waals surface area contributed by atoms with Crippen LogP contribution >= 0.6 is 0 Å². The summed E-state index contributed by atoms with van der Waals surface area (Å²) < 4.78 is 6.06. The fourth-order valence-electron chi connectivity index (χ4n) is 3.90. The van der Waals surface area contributed by atoms with E-state index in [1.54, 1.807) is 0 Å². The zero-order valence-corrected chi connectivity index (χ0v) is 15.2. The second-order valence-electron chi connectivity index (χ2n) is 7.37. The molecule has 0 saturated carbocycles. The van der Waals surface area contributed by atoms with Gasteiger partial charge in [0.1, 0.15) is 6.61 Å². The summed E-state index contributed by atoms with van der Waals surface area (Å²) in [6.07, 6.45) is 5.69. The Morgan fingerprint density at radius 3 is 2.65 bits per heavy atom. The summed E-state index contributed by atoms with van der Waals surface area (Å²) in [4.78, 5) is 20.9. The van der Waals surface area contributed by atoms with Crippen LogP contribution in [0.3, 0.4) is 0 Å². The fraction of sp³-hybridized carbons (Fsp3) is 0.429. The lowest BCUT2D eigenvalue weighted by Gasteiger charge is -2.47. The number of benzene rings is 1. The van der Waals surface area contributed by atoms with Crippen molar-refractivity contribution < 1.29 is 9.53 Å². The van der Waals surface area contributed by atoms with Gasteiger partial charge < -0.3 is 9.64 Å². The molecule has 136 valence electrons. The third kappa shape index (κ3) is 3.50. The molecule has 0 radical (unpaired) electrons. The Hall–Kier alpha value is -2.24. The topological polar surface area (TPSA) is 45.7 Å². The molecule has 0 bridgehead atoms. The van der Waals surface area contributed by atoms with Crippen LogP contribution in [0.5, 0.6) is 0 Å². The molecule has 0 N–H and O–H groups in total. The van der Waals surface area contributed by atoms with E-state index in [0.29, 0.717) is 6.54 Å². The molecular formula is C21H25N3O2. The van der Waals surface area contributed by atoms with Gasteiger partial charge in [0.2, 0.25) is 0 Å². The first-order valence-electron chi connectivity index (χ1n) is 9.26. The fourth-order valence-corrected chi connectivity index (χ4v) is 3.90. The molecule has 1 aromatic heterocycles. The lowest BCUT2D eigenvalue weighted by Crippen LogP contribution is -2.58. The van der Waals surface area contributed by atoms with Gasteiger partial charge in [-0.3, -0.25) is 14.7 Å². The Morgan fingerprint density at radius 2 is 1.92 bits per heavy atom. The molecule has 1 spiro atoms. The minimum atomic E-state index is -0.215. The van der Waals surface area contributed by atoms with Gasteiger partial charge in [0, 0.05) is 37.7 Å². The monoisotopic (exact) mass is 351 g/mol. The van der Waals surface area contributed by atoms with Crippen molar-refractivity contribution in [2.75, 3.05) is 31.1 Å². The lowest BCUT2D eigenvalue weighted by atomic mass is 9.88. The number of carbonyl (C=O) groups is 1. The number of nitrogens with zero attached hydrogens (tertiary/aromatic N) is 3. The van der Waals surface area contributed by atoms with Gasteiger partial charge in [-0.05, 0) is 49.1 Å². The van der Waals surface area contributed by atoms with Crippen LogP contribution in [0.1, 0.15) is 24.0 Å². The van der Waals surface area contributed by atoms with E-state index in [4.69, 9.17) is 4.74 Å². The molecule has 0 unspecified atom stereocenters. The molecule has 5 nitrogen and oxygen atoms in total. The Morgan fingerprint density at radius 1 is 1.15 bits per heavy atom. The highest BCUT2D eigenvalue weighted by molar-refractivity contribution is 5.95. The predicted molar refractivity (Wildman–Crippen MR) is 101 cm³/mol. The zero-order chi connectivity index (χ0) is 18.0. The van der Waals surface area contributed by atoms with E-state index in [1.165, 1.54) is 11.1 Å². The number of rotatable bonds is 3. The van der Waals surface area contributed by atoms with E-state index >= 15 is 0 Å². The number of anilines is 1. The van der Waals surface area contributed by atoms with Crippen molar-refractivity contribution in [1.29, 1.82) is 0 Å². The third-order valence-electron chi connectivity index (χ3n) is 5.61. The van der Waals surface area contributed by atoms with Gasteiger partial charge in [-0.1, -0.05) is 18.2 Å². The van der Waals surface area contributed by atoms with Crippen LogP contribution in [0.15, 0.2) is 48.8 Å². The van der Waals surface area contributed by atoms with Crippen molar-refractivity contribution in [3.8, 4) is 0 Å². The number of ether oxygens (including phenoxy) is 1. The van der Waals surface area contributed by atoms with E-state index in [-0.39, 0.29) is 18.1 Å². The number of morpholine rings is 1. The molecule has 4 rings (SSSR count). The molecule has 1 aromatic carbocycles. The molecular weight excluding hydrogens is 326 g/mol. The van der Waals surface area contributed by atoms with Gasteiger partial charge in [-0.15, -0.1) is 0 Å². The molecule has 0 aliphatic carbocycles. The van der Waals surface area contributed by atoms with Crippen molar-refractivity contribution in [1.82, 2.24) is 9.88 Å². The second-order valence-corrected chi connectivity index (χ2v) is 7.37. The Balaban J connectivity index is 1.41. The molecule has 2 aliphatic heterocycles. The predicted octanol–water partition coefficient (Wildman–Crippen LogP) is 2.79. The number of aromatic nitrogens is 1. The van der Waals surface area contributed by atoms with Crippen LogP contribution in [0, 0.1) is 6.92 Å². The minimum Gasteiger partial charge on any atom is -0.363 e. The van der Waals surface area contributed by atoms with Gasteiger partial charge >= 0.3 is 0 Å². The normalized spacial score (nSPS) is 20.5. The number of hydrogen-bond donors (Lipinski definition) is 0. The molecule has 1 amide bonds. The zero-order valence-electron chi connectivity index (χ0n) is 15.2. The molecule has 2 fully saturated rings. The van der Waals surface area contributed by atoms with Gasteiger partial charge in [0.25, 0.3) is 5.91 Å². The quantitative estimate of drug-likeness (QED) is 0.853. The summed E-state index contributed by atoms with van der Waals surface area (Å²) in [5.41, 5.74) is 3.33. The highest BCUT2D eigenvalue weighted by Gasteiger charge is 2.42. The lowest BCUT2D eigenvalue weighted by molar-refractivity contribution is -0.144. The maximum absolute atomic E-state index is 12.3. The number of hydrogen-bond acceptors (Lipinski definition) is 4. The number of likely N-dealkylation sites (tertiary alicyclic amines) is 1. The Labute approximate surface area is 154 Å². The van der Waals surface area contributed by atoms with E-state index in [1.807, 2.05) is 47.6 Å². The van der Waals surface area contributed by atoms with E-state index in [0.717, 1.165) is 38.2 Å². The van der Waals surface area contributed by atoms with E-state index in [2.05, 4.69) is 22.9 Å². The van der Waals surface area contributed by atoms with Crippen LogP contribution < -0.4 is 4.90 Å². The molecule has 2 aliphatic rings. The summed E-state index contributed by atoms with van der Waals surface area (Å²) >= 11 is 0. The second kappa shape index (κ2) is 7.17. The summed E-state index contributed by atoms with van der Waals surface area (Å²) in [5.74, 6) is 0.0525. The average molecular weight is 351 g/mol. The number of piperidine rings is 1. The van der Waals surface area contributed by atoms with E-state index in [9.17, 15) is 4.79 Å². The van der Waals surface area contributed by atoms with E-state index < -0.39 is 0 Å². The van der Waals surface area contributed by atoms with Gasteiger partial charge in [0.15, 0.2) is 0 Å². The molecule has 2 aromatic rings. The first-order chi connectivity index (χ1) is 12.7. The summed E-state index contributed by atoms with van der Waals surface area (Å²) in [5, 5.41) is 0. The van der Waals surface area contributed by atoms with Crippen LogP contribution in [-0.2, 0) is 16.1 Å². The number of amides is 1. The van der Waals surface area contributed by atoms with Crippen LogP contribution in [0.2, 0.25) is 0 Å². The smallest absolute Gasteiger partial charge is 0.253 e. The van der Waals surface area contributed by atoms with Crippen molar-refractivity contribution in [2.24, 2.45) is 0 Å². The Bertz CT molecular complexity index is 770. The average Bonchev–Trinajstić information content (AvgIpc) is 2.68. The first-order valence-corrected chi connectivity index (χ1v) is 9.26. The first kappa shape index (κ1) is 17.2. The highest BCUT2D eigenvalue weighted by Crippen LogP contribution is 2.33. The van der Waals surface area contributed by atoms with Crippen LogP contribution in [-0.4, -0.2) is 47.6 Å². The van der Waals surface area contributed by atoms with Gasteiger partial charge in [-0.2, -0.15) is 0 Å². The van der Waals surface area contributed by atoms with Crippen molar-refractivity contribution in [2.45, 2.75) is 31.9 Å². The molecule has 0 atom stereocenters. The summed E-state index contributed by atoms with van der Waals surface area (Å²) in [7, 11) is 0. The molecule has 2 saturated heterocycles. The minimum absolute atomic E-state index is 0.0525. The highest BCUT2D eigenvalue weighted by atomic mass is 16.5.